The van der Waals surface area contributed by atoms with Crippen molar-refractivity contribution in [1.29, 1.82) is 0 Å². The van der Waals surface area contributed by atoms with Gasteiger partial charge in [0.05, 0.1) is 22.5 Å². The number of hydrogen-bond donors (Lipinski definition) is 0. The molecule has 2 nitrogen and oxygen atoms in total. The fourth-order valence-corrected chi connectivity index (χ4v) is 10.2. The molecule has 3 heterocycles. The third-order valence-corrected chi connectivity index (χ3v) is 12.6. The van der Waals surface area contributed by atoms with Crippen LogP contribution in [0.15, 0.2) is 218 Å². The van der Waals surface area contributed by atoms with Crippen molar-refractivity contribution in [2.75, 3.05) is 9.80 Å². The van der Waals surface area contributed by atoms with Crippen molar-refractivity contribution >= 4 is 28.4 Å². The Hall–Kier alpha value is -7.42. The second-order valence-electron chi connectivity index (χ2n) is 15.7. The standard InChI is InChI=1S/C56H38N2/c1-5-17-38(18-6-1)41-29-30-43-37-57-52-32-31-42(39-19-7-2-8-20-39)35-50(52)56(51-36-44(40-21-9-3-10-22-40)34-47(55(51)57)46(43)33-41)48-25-13-15-27-53(48)58(45-23-11-4-12-24-45)54-28-16-14-26-49(54)56/h1-36H,37H2. The second kappa shape index (κ2) is 12.8. The van der Waals surface area contributed by atoms with Gasteiger partial charge in [0.2, 0.25) is 0 Å². The summed E-state index contributed by atoms with van der Waals surface area (Å²) in [5, 5.41) is 0. The number of benzene rings is 9. The third kappa shape index (κ3) is 4.72. The first-order valence-electron chi connectivity index (χ1n) is 20.2. The van der Waals surface area contributed by atoms with E-state index in [0.717, 1.165) is 12.2 Å². The highest BCUT2D eigenvalue weighted by atomic mass is 15.2. The molecule has 272 valence electrons. The summed E-state index contributed by atoms with van der Waals surface area (Å²) in [4.78, 5) is 5.09. The fraction of sp³-hybridized carbons (Fsp3) is 0.0357. The fourth-order valence-electron chi connectivity index (χ4n) is 10.2. The summed E-state index contributed by atoms with van der Waals surface area (Å²) < 4.78 is 0. The van der Waals surface area contributed by atoms with Crippen LogP contribution in [0, 0.1) is 0 Å². The van der Waals surface area contributed by atoms with Gasteiger partial charge in [-0.15, -0.1) is 0 Å². The molecule has 0 atom stereocenters. The molecular weight excluding hydrogens is 701 g/mol. The van der Waals surface area contributed by atoms with Crippen LogP contribution < -0.4 is 9.80 Å². The zero-order valence-corrected chi connectivity index (χ0v) is 31.9. The lowest BCUT2D eigenvalue weighted by atomic mass is 9.58. The first-order chi connectivity index (χ1) is 28.8. The summed E-state index contributed by atoms with van der Waals surface area (Å²) in [6.45, 7) is 0.780. The Kier molecular flexibility index (Phi) is 7.24. The van der Waals surface area contributed by atoms with Crippen molar-refractivity contribution in [2.45, 2.75) is 12.0 Å². The van der Waals surface area contributed by atoms with Gasteiger partial charge in [-0.2, -0.15) is 0 Å². The van der Waals surface area contributed by atoms with Crippen LogP contribution in [0.1, 0.15) is 27.8 Å². The minimum atomic E-state index is -0.654. The smallest absolute Gasteiger partial charge is 0.0783 e. The van der Waals surface area contributed by atoms with E-state index in [9.17, 15) is 0 Å². The largest absolute Gasteiger partial charge is 0.336 e. The Morgan fingerprint density at radius 1 is 0.328 bits per heavy atom. The molecule has 9 aromatic rings. The van der Waals surface area contributed by atoms with Gasteiger partial charge >= 0.3 is 0 Å². The van der Waals surface area contributed by atoms with Crippen LogP contribution in [0.25, 0.3) is 44.5 Å². The Bertz CT molecular complexity index is 2980. The van der Waals surface area contributed by atoms with Crippen molar-refractivity contribution in [3.63, 3.8) is 0 Å². The van der Waals surface area contributed by atoms with E-state index in [1.807, 2.05) is 0 Å². The van der Waals surface area contributed by atoms with E-state index in [4.69, 9.17) is 0 Å². The normalized spacial score (nSPS) is 13.9. The van der Waals surface area contributed by atoms with E-state index in [0.29, 0.717) is 0 Å². The Morgan fingerprint density at radius 3 is 1.43 bits per heavy atom. The number of para-hydroxylation sites is 3. The summed E-state index contributed by atoms with van der Waals surface area (Å²) in [5.74, 6) is 0. The molecule has 0 saturated heterocycles. The molecule has 2 heteroatoms. The lowest BCUT2D eigenvalue weighted by molar-refractivity contribution is 0.704. The molecule has 0 aliphatic carbocycles. The van der Waals surface area contributed by atoms with Gasteiger partial charge in [0, 0.05) is 23.5 Å². The van der Waals surface area contributed by atoms with Gasteiger partial charge in [0.25, 0.3) is 0 Å². The van der Waals surface area contributed by atoms with Crippen molar-refractivity contribution in [3.05, 3.63) is 246 Å². The molecule has 0 aromatic heterocycles. The molecule has 3 aliphatic rings. The molecule has 0 saturated carbocycles. The van der Waals surface area contributed by atoms with E-state index in [1.165, 1.54) is 95.1 Å². The van der Waals surface area contributed by atoms with E-state index >= 15 is 0 Å². The second-order valence-corrected chi connectivity index (χ2v) is 15.7. The van der Waals surface area contributed by atoms with Gasteiger partial charge in [0.1, 0.15) is 0 Å². The molecule has 0 unspecified atom stereocenters. The number of nitrogens with zero attached hydrogens (tertiary/aromatic N) is 2. The number of rotatable bonds is 4. The predicted molar refractivity (Wildman–Crippen MR) is 241 cm³/mol. The van der Waals surface area contributed by atoms with Gasteiger partial charge in [0.15, 0.2) is 0 Å². The molecule has 0 N–H and O–H groups in total. The highest BCUT2D eigenvalue weighted by molar-refractivity contribution is 6.02. The molecule has 0 amide bonds. The summed E-state index contributed by atoms with van der Waals surface area (Å²) in [6.07, 6.45) is 0. The summed E-state index contributed by atoms with van der Waals surface area (Å²) in [6, 6.07) is 81.1. The van der Waals surface area contributed by atoms with Crippen LogP contribution in [-0.4, -0.2) is 0 Å². The van der Waals surface area contributed by atoms with Crippen LogP contribution in [0.4, 0.5) is 28.4 Å². The molecule has 12 rings (SSSR count). The van der Waals surface area contributed by atoms with E-state index in [1.54, 1.807) is 0 Å². The molecule has 58 heavy (non-hydrogen) atoms. The minimum absolute atomic E-state index is 0.654. The lowest BCUT2D eigenvalue weighted by Gasteiger charge is -2.53. The molecule has 0 radical (unpaired) electrons. The average molecular weight is 739 g/mol. The first-order valence-corrected chi connectivity index (χ1v) is 20.2. The lowest BCUT2D eigenvalue weighted by Crippen LogP contribution is -2.43. The van der Waals surface area contributed by atoms with E-state index in [2.05, 4.69) is 228 Å². The maximum atomic E-state index is 2.62. The Balaban J connectivity index is 1.25. The molecule has 0 bridgehead atoms. The summed E-state index contributed by atoms with van der Waals surface area (Å²) in [5.41, 5.74) is 21.8. The Morgan fingerprint density at radius 2 is 0.810 bits per heavy atom. The number of fused-ring (bicyclic) bond motifs is 10. The summed E-state index contributed by atoms with van der Waals surface area (Å²) in [7, 11) is 0. The highest BCUT2D eigenvalue weighted by Gasteiger charge is 2.53. The maximum absolute atomic E-state index is 2.62. The number of anilines is 5. The van der Waals surface area contributed by atoms with Crippen LogP contribution >= 0.6 is 0 Å². The van der Waals surface area contributed by atoms with Crippen LogP contribution in [0.2, 0.25) is 0 Å². The van der Waals surface area contributed by atoms with Gasteiger partial charge < -0.3 is 9.80 Å². The molecule has 9 aromatic carbocycles. The molecule has 1 spiro atoms. The zero-order valence-electron chi connectivity index (χ0n) is 31.9. The number of hydrogen-bond acceptors (Lipinski definition) is 2. The van der Waals surface area contributed by atoms with Gasteiger partial charge in [-0.1, -0.05) is 164 Å². The van der Waals surface area contributed by atoms with Crippen LogP contribution in [0.5, 0.6) is 0 Å². The average Bonchev–Trinajstić information content (AvgIpc) is 3.31. The Labute approximate surface area is 339 Å². The van der Waals surface area contributed by atoms with E-state index in [-0.39, 0.29) is 0 Å². The van der Waals surface area contributed by atoms with Gasteiger partial charge in [-0.25, -0.2) is 0 Å². The molecular formula is C56H38N2. The SMILES string of the molecule is c1ccc(-c2ccc3c(c2)-c2cc(-c4ccccc4)cc4c2N(C3)c2ccc(-c3ccccc3)cc2C42c3ccccc3N(c3ccccc3)c3ccccc32)cc1. The third-order valence-electron chi connectivity index (χ3n) is 12.6. The van der Waals surface area contributed by atoms with Crippen molar-refractivity contribution < 1.29 is 0 Å². The quantitative estimate of drug-likeness (QED) is 0.177. The predicted octanol–water partition coefficient (Wildman–Crippen LogP) is 14.5. The van der Waals surface area contributed by atoms with Crippen molar-refractivity contribution in [2.24, 2.45) is 0 Å². The topological polar surface area (TPSA) is 6.48 Å². The monoisotopic (exact) mass is 738 g/mol. The van der Waals surface area contributed by atoms with Crippen LogP contribution in [-0.2, 0) is 12.0 Å². The molecule has 3 aliphatic heterocycles. The van der Waals surface area contributed by atoms with Crippen LogP contribution in [0.3, 0.4) is 0 Å². The highest BCUT2D eigenvalue weighted by Crippen LogP contribution is 2.66. The minimum Gasteiger partial charge on any atom is -0.336 e. The summed E-state index contributed by atoms with van der Waals surface area (Å²) >= 11 is 0. The van der Waals surface area contributed by atoms with Crippen molar-refractivity contribution in [1.82, 2.24) is 0 Å². The maximum Gasteiger partial charge on any atom is 0.0783 e. The zero-order chi connectivity index (χ0) is 38.2. The van der Waals surface area contributed by atoms with E-state index < -0.39 is 5.41 Å². The van der Waals surface area contributed by atoms with Gasteiger partial charge in [-0.3, -0.25) is 0 Å². The molecule has 0 fully saturated rings. The van der Waals surface area contributed by atoms with Gasteiger partial charge in [-0.05, 0) is 121 Å². The first kappa shape index (κ1) is 32.8. The van der Waals surface area contributed by atoms with Crippen molar-refractivity contribution in [3.8, 4) is 44.5 Å².